The largest absolute Gasteiger partial charge is 0.494 e. The Balaban J connectivity index is 2.51. The molecule has 0 spiro atoms. The fourth-order valence-electron chi connectivity index (χ4n) is 2.00. The Labute approximate surface area is 161 Å². The maximum absolute atomic E-state index is 12.0. The summed E-state index contributed by atoms with van der Waals surface area (Å²) in [4.78, 5) is 22.4. The van der Waals surface area contributed by atoms with Gasteiger partial charge in [-0.25, -0.2) is 5.43 Å². The zero-order chi connectivity index (χ0) is 19.6. The molecular weight excluding hydrogens is 374 g/mol. The molecule has 1 rings (SSSR count). The van der Waals surface area contributed by atoms with Gasteiger partial charge in [0.2, 0.25) is 5.91 Å². The van der Waals surface area contributed by atoms with Crippen LogP contribution in [0.15, 0.2) is 29.4 Å². The zero-order valence-electron chi connectivity index (χ0n) is 15.2. The van der Waals surface area contributed by atoms with E-state index in [9.17, 15) is 9.59 Å². The van der Waals surface area contributed by atoms with Gasteiger partial charge < -0.3 is 9.84 Å². The van der Waals surface area contributed by atoms with Crippen LogP contribution < -0.4 is 15.3 Å². The summed E-state index contributed by atoms with van der Waals surface area (Å²) >= 11 is 0. The Morgan fingerprint density at radius 3 is 2.54 bits per heavy atom. The average Bonchev–Trinajstić information content (AvgIpc) is 2.56. The molecular formula is C17H25N3O4S2. The van der Waals surface area contributed by atoms with Crippen molar-refractivity contribution in [2.24, 2.45) is 10.2 Å². The van der Waals surface area contributed by atoms with Crippen LogP contribution in [-0.4, -0.2) is 34.0 Å². The second-order valence-electron chi connectivity index (χ2n) is 6.22. The summed E-state index contributed by atoms with van der Waals surface area (Å²) < 4.78 is 5.21. The second kappa shape index (κ2) is 11.1. The van der Waals surface area contributed by atoms with Gasteiger partial charge >= 0.3 is 5.97 Å². The van der Waals surface area contributed by atoms with Crippen molar-refractivity contribution in [2.45, 2.75) is 44.8 Å². The average molecular weight is 400 g/mol. The number of hydrogen-bond donors (Lipinski definition) is 3. The van der Waals surface area contributed by atoms with Gasteiger partial charge in [-0.05, 0) is 68.0 Å². The number of ether oxygens (including phenoxy) is 1. The molecule has 0 radical (unpaired) electrons. The highest BCUT2D eigenvalue weighted by atomic mass is 33.1. The first kappa shape index (κ1) is 22.3. The van der Waals surface area contributed by atoms with Gasteiger partial charge in [0, 0.05) is 17.6 Å². The number of nitrogens with zero attached hydrogens (tertiary/aromatic N) is 1. The molecule has 0 saturated heterocycles. The van der Waals surface area contributed by atoms with Crippen LogP contribution in [0, 0.1) is 0 Å². The first-order valence-corrected chi connectivity index (χ1v) is 10.3. The van der Waals surface area contributed by atoms with Gasteiger partial charge in [-0.3, -0.25) is 14.7 Å². The lowest BCUT2D eigenvalue weighted by Gasteiger charge is -2.20. The molecule has 0 unspecified atom stereocenters. The molecule has 0 fully saturated rings. The fourth-order valence-corrected chi connectivity index (χ4v) is 3.41. The van der Waals surface area contributed by atoms with E-state index < -0.39 is 5.97 Å². The van der Waals surface area contributed by atoms with Crippen LogP contribution in [0.4, 0.5) is 0 Å². The van der Waals surface area contributed by atoms with Crippen LogP contribution in [0.5, 0.6) is 5.75 Å². The number of amides is 1. The normalized spacial score (nSPS) is 11.9. The SMILES string of the molecule is C/C(=N\NC(=O)CC(C)(C)SSN)c1ccc(OCCCC(=O)O)cc1. The number of nitrogens with two attached hydrogens (primary N) is 1. The Bertz CT molecular complexity index is 633. The number of benzene rings is 1. The van der Waals surface area contributed by atoms with Crippen LogP contribution in [0.1, 0.15) is 45.6 Å². The molecule has 0 bridgehead atoms. The van der Waals surface area contributed by atoms with E-state index in [2.05, 4.69) is 10.5 Å². The Kier molecular flexibility index (Phi) is 9.53. The smallest absolute Gasteiger partial charge is 0.303 e. The number of hydrogen-bond acceptors (Lipinski definition) is 7. The molecule has 0 atom stereocenters. The first-order valence-electron chi connectivity index (χ1n) is 8.06. The van der Waals surface area contributed by atoms with Crippen LogP contribution in [0.3, 0.4) is 0 Å². The summed E-state index contributed by atoms with van der Waals surface area (Å²) in [7, 11) is 2.58. The molecule has 0 saturated carbocycles. The predicted octanol–water partition coefficient (Wildman–Crippen LogP) is 3.19. The van der Waals surface area contributed by atoms with E-state index in [0.29, 0.717) is 30.9 Å². The molecule has 0 aromatic heterocycles. The van der Waals surface area contributed by atoms with Crippen molar-refractivity contribution in [3.8, 4) is 5.75 Å². The summed E-state index contributed by atoms with van der Waals surface area (Å²) in [5.41, 5.74) is 4.09. The predicted molar refractivity (Wildman–Crippen MR) is 107 cm³/mol. The molecule has 0 aliphatic rings. The number of carbonyl (C=O) groups excluding carboxylic acids is 1. The van der Waals surface area contributed by atoms with Gasteiger partial charge in [0.15, 0.2) is 0 Å². The highest BCUT2D eigenvalue weighted by molar-refractivity contribution is 8.76. The summed E-state index contributed by atoms with van der Waals surface area (Å²) in [6.07, 6.45) is 0.853. The number of carboxylic acid groups (broad SMARTS) is 1. The third kappa shape index (κ3) is 9.12. The van der Waals surface area contributed by atoms with Crippen molar-refractivity contribution in [3.05, 3.63) is 29.8 Å². The third-order valence-corrected chi connectivity index (χ3v) is 5.62. The Morgan fingerprint density at radius 1 is 1.31 bits per heavy atom. The van der Waals surface area contributed by atoms with Crippen molar-refractivity contribution in [3.63, 3.8) is 0 Å². The number of carbonyl (C=O) groups is 2. The fraction of sp³-hybridized carbons (Fsp3) is 0.471. The quantitative estimate of drug-likeness (QED) is 0.172. The minimum absolute atomic E-state index is 0.0861. The van der Waals surface area contributed by atoms with E-state index in [1.807, 2.05) is 26.0 Å². The molecule has 0 heterocycles. The molecule has 9 heteroatoms. The molecule has 1 aromatic carbocycles. The summed E-state index contributed by atoms with van der Waals surface area (Å²) in [5.74, 6) is -0.343. The summed E-state index contributed by atoms with van der Waals surface area (Å²) in [6.45, 7) is 6.05. The van der Waals surface area contributed by atoms with Crippen LogP contribution in [0.2, 0.25) is 0 Å². The number of aliphatic carboxylic acids is 1. The Morgan fingerprint density at radius 2 is 1.96 bits per heavy atom. The van der Waals surface area contributed by atoms with E-state index in [0.717, 1.165) is 16.5 Å². The minimum Gasteiger partial charge on any atom is -0.494 e. The molecule has 1 aromatic rings. The molecule has 26 heavy (non-hydrogen) atoms. The molecule has 7 nitrogen and oxygen atoms in total. The molecule has 0 aliphatic carbocycles. The zero-order valence-corrected chi connectivity index (χ0v) is 16.8. The first-order chi connectivity index (χ1) is 12.2. The molecule has 4 N–H and O–H groups in total. The van der Waals surface area contributed by atoms with Crippen LogP contribution >= 0.6 is 21.8 Å². The van der Waals surface area contributed by atoms with E-state index in [1.165, 1.54) is 10.8 Å². The summed E-state index contributed by atoms with van der Waals surface area (Å²) in [6, 6.07) is 7.25. The minimum atomic E-state index is -0.832. The van der Waals surface area contributed by atoms with Crippen molar-refractivity contribution < 1.29 is 19.4 Å². The highest BCUT2D eigenvalue weighted by Crippen LogP contribution is 2.34. The lowest BCUT2D eigenvalue weighted by molar-refractivity contribution is -0.137. The third-order valence-electron chi connectivity index (χ3n) is 3.28. The van der Waals surface area contributed by atoms with E-state index in [4.69, 9.17) is 15.0 Å². The second-order valence-corrected chi connectivity index (χ2v) is 8.76. The van der Waals surface area contributed by atoms with Crippen molar-refractivity contribution in [2.75, 3.05) is 6.61 Å². The topological polar surface area (TPSA) is 114 Å². The van der Waals surface area contributed by atoms with Gasteiger partial charge in [-0.2, -0.15) is 5.10 Å². The van der Waals surface area contributed by atoms with Crippen LogP contribution in [0.25, 0.3) is 0 Å². The van der Waals surface area contributed by atoms with Gasteiger partial charge in [-0.15, -0.1) is 0 Å². The number of rotatable bonds is 11. The van der Waals surface area contributed by atoms with Gasteiger partial charge in [0.25, 0.3) is 0 Å². The van der Waals surface area contributed by atoms with E-state index in [-0.39, 0.29) is 17.1 Å². The van der Waals surface area contributed by atoms with Crippen LogP contribution in [-0.2, 0) is 9.59 Å². The Hall–Kier alpha value is -1.71. The van der Waals surface area contributed by atoms with E-state index in [1.54, 1.807) is 19.1 Å². The number of hydrazone groups is 1. The molecule has 0 aliphatic heterocycles. The molecule has 1 amide bonds. The van der Waals surface area contributed by atoms with E-state index >= 15 is 0 Å². The van der Waals surface area contributed by atoms with Crippen molar-refractivity contribution in [1.82, 2.24) is 5.43 Å². The number of carboxylic acids is 1. The van der Waals surface area contributed by atoms with Crippen molar-refractivity contribution >= 4 is 39.4 Å². The maximum Gasteiger partial charge on any atom is 0.303 e. The lowest BCUT2D eigenvalue weighted by Crippen LogP contribution is -2.27. The summed E-state index contributed by atoms with van der Waals surface area (Å²) in [5, 5.41) is 18.1. The van der Waals surface area contributed by atoms with Crippen molar-refractivity contribution in [1.29, 1.82) is 0 Å². The highest BCUT2D eigenvalue weighted by Gasteiger charge is 2.22. The monoisotopic (exact) mass is 399 g/mol. The maximum atomic E-state index is 12.0. The van der Waals surface area contributed by atoms with Gasteiger partial charge in [0.05, 0.1) is 12.3 Å². The molecule has 144 valence electrons. The lowest BCUT2D eigenvalue weighted by atomic mass is 10.1. The van der Waals surface area contributed by atoms with Gasteiger partial charge in [0.1, 0.15) is 5.75 Å². The van der Waals surface area contributed by atoms with Gasteiger partial charge in [-0.1, -0.05) is 10.8 Å². The standard InChI is InChI=1S/C17H25N3O4S2/c1-12(19-20-15(21)11-17(2,3)25-26-18)13-6-8-14(9-7-13)24-10-4-5-16(22)23/h6-9H,4-5,10-11,18H2,1-3H3,(H,20,21)(H,22,23)/b19-12+. The number of nitrogens with one attached hydrogen (secondary N) is 1.